The maximum Gasteiger partial charge on any atom is 0.252 e. The molecule has 3 heteroatoms. The van der Waals surface area contributed by atoms with Gasteiger partial charge >= 0.3 is 0 Å². The average Bonchev–Trinajstić information content (AvgIpc) is 3.46. The molecule has 0 radical (unpaired) electrons. The standard InChI is InChI=1S/C63H67BN2/c1-39-30-56-58-57(31-39)66(53-32-43(25-24-40(53)2)41-20-16-14-17-21-41)55-37-49-47(62(10,11)38-63(49,12)13)35-51(55)64(58)50-34-46-48(61(8,9)29-28-60(46,6)7)36-54(50)65(56)52-27-26-44(59(3,4)5)33-45(52)42-22-18-15-19-23-42/h14-27,30-37H,28-29,38H2,1-13H3. The largest absolute Gasteiger partial charge is 0.311 e. The molecule has 2 aliphatic carbocycles. The quantitative estimate of drug-likeness (QED) is 0.163. The first-order valence-corrected chi connectivity index (χ1v) is 24.6. The van der Waals surface area contributed by atoms with Gasteiger partial charge in [0.25, 0.3) is 6.71 Å². The lowest BCUT2D eigenvalue weighted by molar-refractivity contribution is 0.332. The second kappa shape index (κ2) is 14.4. The Morgan fingerprint density at radius 2 is 0.939 bits per heavy atom. The molecule has 7 aromatic rings. The van der Waals surface area contributed by atoms with E-state index in [1.54, 1.807) is 0 Å². The fraction of sp³-hybridized carbons (Fsp3) is 0.333. The van der Waals surface area contributed by atoms with Gasteiger partial charge in [-0.25, -0.2) is 0 Å². The number of benzene rings is 7. The second-order valence-corrected chi connectivity index (χ2v) is 24.2. The van der Waals surface area contributed by atoms with E-state index in [0.29, 0.717) is 0 Å². The van der Waals surface area contributed by atoms with Gasteiger partial charge in [0.15, 0.2) is 0 Å². The number of nitrogens with zero attached hydrogens (tertiary/aromatic N) is 2. The fourth-order valence-electron chi connectivity index (χ4n) is 12.9. The lowest BCUT2D eigenvalue weighted by Gasteiger charge is -2.48. The number of hydrogen-bond acceptors (Lipinski definition) is 2. The number of rotatable bonds is 4. The zero-order chi connectivity index (χ0) is 46.5. The first-order valence-electron chi connectivity index (χ1n) is 24.6. The normalized spacial score (nSPS) is 18.0. The molecule has 0 atom stereocenters. The van der Waals surface area contributed by atoms with Crippen molar-refractivity contribution < 1.29 is 0 Å². The molecule has 4 aliphatic rings. The zero-order valence-corrected chi connectivity index (χ0v) is 41.8. The molecule has 332 valence electrons. The summed E-state index contributed by atoms with van der Waals surface area (Å²) in [5.74, 6) is 0. The van der Waals surface area contributed by atoms with E-state index in [1.807, 2.05) is 0 Å². The van der Waals surface area contributed by atoms with Crippen molar-refractivity contribution in [3.05, 3.63) is 172 Å². The Morgan fingerprint density at radius 3 is 1.50 bits per heavy atom. The predicted molar refractivity (Wildman–Crippen MR) is 285 cm³/mol. The third kappa shape index (κ3) is 6.50. The van der Waals surface area contributed by atoms with Crippen LogP contribution in [0.2, 0.25) is 0 Å². The molecule has 0 saturated heterocycles. The van der Waals surface area contributed by atoms with E-state index in [0.717, 1.165) is 6.42 Å². The highest BCUT2D eigenvalue weighted by atomic mass is 15.2. The molecule has 2 nitrogen and oxygen atoms in total. The molecular weight excluding hydrogens is 796 g/mol. The Bertz CT molecular complexity index is 3120. The number of fused-ring (bicyclic) bond motifs is 6. The summed E-state index contributed by atoms with van der Waals surface area (Å²) in [5.41, 5.74) is 26.9. The monoisotopic (exact) mass is 863 g/mol. The Hall–Kier alpha value is -5.80. The first kappa shape index (κ1) is 42.8. The van der Waals surface area contributed by atoms with Crippen LogP contribution in [0.5, 0.6) is 0 Å². The van der Waals surface area contributed by atoms with E-state index in [2.05, 4.69) is 233 Å². The van der Waals surface area contributed by atoms with Gasteiger partial charge in [0, 0.05) is 34.0 Å². The Labute approximate surface area is 396 Å². The van der Waals surface area contributed by atoms with E-state index < -0.39 is 0 Å². The molecule has 66 heavy (non-hydrogen) atoms. The lowest BCUT2D eigenvalue weighted by atomic mass is 9.32. The summed E-state index contributed by atoms with van der Waals surface area (Å²) in [7, 11) is 0. The Morgan fingerprint density at radius 1 is 0.439 bits per heavy atom. The molecule has 0 amide bonds. The summed E-state index contributed by atoms with van der Waals surface area (Å²) < 4.78 is 0. The lowest BCUT2D eigenvalue weighted by Crippen LogP contribution is -2.62. The van der Waals surface area contributed by atoms with Gasteiger partial charge in [-0.05, 0) is 175 Å². The molecule has 0 aromatic heterocycles. The Balaban J connectivity index is 1.29. The van der Waals surface area contributed by atoms with Gasteiger partial charge < -0.3 is 9.80 Å². The molecule has 0 unspecified atom stereocenters. The van der Waals surface area contributed by atoms with Crippen molar-refractivity contribution in [3.8, 4) is 22.3 Å². The summed E-state index contributed by atoms with van der Waals surface area (Å²) in [6, 6.07) is 52.2. The van der Waals surface area contributed by atoms with Crippen molar-refractivity contribution in [3.63, 3.8) is 0 Å². The van der Waals surface area contributed by atoms with Crippen LogP contribution in [-0.4, -0.2) is 6.71 Å². The van der Waals surface area contributed by atoms with Crippen molar-refractivity contribution in [1.29, 1.82) is 0 Å². The predicted octanol–water partition coefficient (Wildman–Crippen LogP) is 15.3. The molecule has 0 spiro atoms. The van der Waals surface area contributed by atoms with Crippen molar-refractivity contribution in [2.24, 2.45) is 0 Å². The van der Waals surface area contributed by atoms with Crippen LogP contribution in [0.1, 0.15) is 134 Å². The van der Waals surface area contributed by atoms with Crippen LogP contribution in [0, 0.1) is 13.8 Å². The molecular formula is C63H67BN2. The summed E-state index contributed by atoms with van der Waals surface area (Å²) in [6.45, 7) is 31.5. The molecule has 0 fully saturated rings. The summed E-state index contributed by atoms with van der Waals surface area (Å²) >= 11 is 0. The van der Waals surface area contributed by atoms with E-state index in [-0.39, 0.29) is 33.8 Å². The summed E-state index contributed by atoms with van der Waals surface area (Å²) in [4.78, 5) is 5.37. The molecule has 7 aromatic carbocycles. The molecule has 2 aliphatic heterocycles. The van der Waals surface area contributed by atoms with Crippen molar-refractivity contribution in [2.75, 3.05) is 9.80 Å². The highest BCUT2D eigenvalue weighted by Gasteiger charge is 2.50. The van der Waals surface area contributed by atoms with Crippen LogP contribution in [0.25, 0.3) is 22.3 Å². The van der Waals surface area contributed by atoms with E-state index >= 15 is 0 Å². The number of hydrogen-bond donors (Lipinski definition) is 0. The Kier molecular flexibility index (Phi) is 9.31. The highest BCUT2D eigenvalue weighted by Crippen LogP contribution is 2.55. The van der Waals surface area contributed by atoms with Crippen molar-refractivity contribution in [2.45, 2.75) is 136 Å². The molecule has 2 heterocycles. The van der Waals surface area contributed by atoms with Crippen LogP contribution in [-0.2, 0) is 27.1 Å². The average molecular weight is 863 g/mol. The number of aryl methyl sites for hydroxylation is 2. The minimum absolute atomic E-state index is 0.0108. The van der Waals surface area contributed by atoms with Crippen molar-refractivity contribution >= 4 is 57.2 Å². The topological polar surface area (TPSA) is 6.48 Å². The van der Waals surface area contributed by atoms with E-state index in [9.17, 15) is 0 Å². The van der Waals surface area contributed by atoms with Gasteiger partial charge in [-0.2, -0.15) is 0 Å². The minimum atomic E-state index is -0.0108. The molecule has 0 bridgehead atoms. The second-order valence-electron chi connectivity index (χ2n) is 24.2. The zero-order valence-electron chi connectivity index (χ0n) is 41.8. The van der Waals surface area contributed by atoms with Crippen LogP contribution >= 0.6 is 0 Å². The van der Waals surface area contributed by atoms with E-state index in [4.69, 9.17) is 0 Å². The first-order chi connectivity index (χ1) is 31.1. The van der Waals surface area contributed by atoms with Gasteiger partial charge in [-0.1, -0.05) is 167 Å². The smallest absolute Gasteiger partial charge is 0.252 e. The SMILES string of the molecule is Cc1cc2c3c(c1)N(c1ccc(C(C)(C)C)cc1-c1ccccc1)c1cc4c(cc1B3c1cc3c(cc1N2c1cc(-c2ccccc2)ccc1C)C(C)(C)CC3(C)C)C(C)(C)CCC4(C)C. The van der Waals surface area contributed by atoms with Crippen molar-refractivity contribution in [1.82, 2.24) is 0 Å². The van der Waals surface area contributed by atoms with Gasteiger partial charge in [0.2, 0.25) is 0 Å². The summed E-state index contributed by atoms with van der Waals surface area (Å²) in [6.07, 6.45) is 3.46. The van der Waals surface area contributed by atoms with Crippen LogP contribution < -0.4 is 26.2 Å². The van der Waals surface area contributed by atoms with E-state index in [1.165, 1.54) is 125 Å². The fourth-order valence-corrected chi connectivity index (χ4v) is 12.9. The molecule has 0 saturated carbocycles. The maximum atomic E-state index is 2.70. The number of anilines is 6. The van der Waals surface area contributed by atoms with Crippen LogP contribution in [0.15, 0.2) is 133 Å². The third-order valence-electron chi connectivity index (χ3n) is 16.4. The van der Waals surface area contributed by atoms with Gasteiger partial charge in [-0.3, -0.25) is 0 Å². The third-order valence-corrected chi connectivity index (χ3v) is 16.4. The van der Waals surface area contributed by atoms with Gasteiger partial charge in [0.1, 0.15) is 0 Å². The summed E-state index contributed by atoms with van der Waals surface area (Å²) in [5, 5.41) is 0. The molecule has 11 rings (SSSR count). The van der Waals surface area contributed by atoms with Crippen LogP contribution in [0.3, 0.4) is 0 Å². The highest BCUT2D eigenvalue weighted by molar-refractivity contribution is 7.00. The minimum Gasteiger partial charge on any atom is -0.311 e. The van der Waals surface area contributed by atoms with Gasteiger partial charge in [0.05, 0.1) is 5.69 Å². The molecule has 0 N–H and O–H groups in total. The maximum absolute atomic E-state index is 2.70. The van der Waals surface area contributed by atoms with Crippen LogP contribution in [0.4, 0.5) is 34.1 Å². The van der Waals surface area contributed by atoms with Gasteiger partial charge in [-0.15, -0.1) is 0 Å².